The molecule has 2 fully saturated rings. The predicted molar refractivity (Wildman–Crippen MR) is 76.8 cm³/mol. The Kier molecular flexibility index (Phi) is 7.84. The van der Waals surface area contributed by atoms with Gasteiger partial charge in [-0.25, -0.2) is 4.39 Å². The monoisotopic (exact) mass is 258 g/mol. The van der Waals surface area contributed by atoms with Crippen molar-refractivity contribution in [1.82, 2.24) is 9.80 Å². The van der Waals surface area contributed by atoms with Gasteiger partial charge in [-0.3, -0.25) is 0 Å². The van der Waals surface area contributed by atoms with E-state index in [4.69, 9.17) is 0 Å². The van der Waals surface area contributed by atoms with Crippen LogP contribution >= 0.6 is 0 Å². The zero-order valence-electron chi connectivity index (χ0n) is 12.5. The molecule has 0 radical (unpaired) electrons. The summed E-state index contributed by atoms with van der Waals surface area (Å²) < 4.78 is 13.0. The van der Waals surface area contributed by atoms with Crippen LogP contribution in [0, 0.1) is 5.92 Å². The molecule has 0 saturated carbocycles. The fourth-order valence-electron chi connectivity index (χ4n) is 2.90. The molecule has 2 saturated heterocycles. The molecule has 2 nitrogen and oxygen atoms in total. The van der Waals surface area contributed by atoms with Crippen molar-refractivity contribution in [1.29, 1.82) is 0 Å². The molecule has 3 heteroatoms. The molecule has 2 heterocycles. The molecular formula is C15H31FN2. The molecule has 2 rings (SSSR count). The molecule has 0 amide bonds. The molecule has 2 aliphatic rings. The zero-order chi connectivity index (χ0) is 13.4. The number of rotatable bonds is 3. The van der Waals surface area contributed by atoms with Crippen LogP contribution in [0.2, 0.25) is 0 Å². The van der Waals surface area contributed by atoms with Crippen LogP contribution in [0.15, 0.2) is 0 Å². The predicted octanol–water partition coefficient (Wildman–Crippen LogP) is 3.18. The van der Waals surface area contributed by atoms with Crippen LogP contribution in [0.4, 0.5) is 4.39 Å². The van der Waals surface area contributed by atoms with Crippen LogP contribution in [0.25, 0.3) is 0 Å². The van der Waals surface area contributed by atoms with Gasteiger partial charge >= 0.3 is 0 Å². The fraction of sp³-hybridized carbons (Fsp3) is 1.00. The van der Waals surface area contributed by atoms with E-state index in [0.29, 0.717) is 0 Å². The quantitative estimate of drug-likeness (QED) is 0.767. The summed E-state index contributed by atoms with van der Waals surface area (Å²) in [6.07, 6.45) is 3.70. The number of piperidine rings is 2. The van der Waals surface area contributed by atoms with Crippen LogP contribution < -0.4 is 0 Å². The van der Waals surface area contributed by atoms with Gasteiger partial charge in [-0.15, -0.1) is 0 Å². The molecule has 0 aromatic rings. The second-order valence-electron chi connectivity index (χ2n) is 5.56. The molecule has 1 unspecified atom stereocenters. The number of hydrogen-bond donors (Lipinski definition) is 0. The van der Waals surface area contributed by atoms with Crippen LogP contribution in [0.3, 0.4) is 0 Å². The highest BCUT2D eigenvalue weighted by Gasteiger charge is 2.20. The average Bonchev–Trinajstić information content (AvgIpc) is 2.41. The van der Waals surface area contributed by atoms with E-state index < -0.39 is 6.17 Å². The standard InChI is InChI=1S/C13H25FN2.C2H6/c1-12-3-2-6-16(11-12)10-9-15-7-4-13(14)5-8-15;1-2/h12-13H,2-11H2,1H3;1-2H3. The van der Waals surface area contributed by atoms with Gasteiger partial charge < -0.3 is 9.80 Å². The lowest BCUT2D eigenvalue weighted by Gasteiger charge is -2.34. The Balaban J connectivity index is 0.000000771. The van der Waals surface area contributed by atoms with Crippen LogP contribution in [0.5, 0.6) is 0 Å². The molecule has 0 aromatic carbocycles. The Hall–Kier alpha value is -0.150. The summed E-state index contributed by atoms with van der Waals surface area (Å²) in [4.78, 5) is 5.01. The molecule has 0 aliphatic carbocycles. The van der Waals surface area contributed by atoms with Crippen molar-refractivity contribution in [3.8, 4) is 0 Å². The molecule has 0 N–H and O–H groups in total. The number of hydrogen-bond acceptors (Lipinski definition) is 2. The van der Waals surface area contributed by atoms with Gasteiger partial charge in [-0.2, -0.15) is 0 Å². The molecular weight excluding hydrogens is 227 g/mol. The summed E-state index contributed by atoms with van der Waals surface area (Å²) >= 11 is 0. The number of alkyl halides is 1. The van der Waals surface area contributed by atoms with Crippen LogP contribution in [-0.4, -0.2) is 55.2 Å². The van der Waals surface area contributed by atoms with Gasteiger partial charge in [0, 0.05) is 32.7 Å². The van der Waals surface area contributed by atoms with Crippen molar-refractivity contribution in [3.63, 3.8) is 0 Å². The van der Waals surface area contributed by atoms with Crippen molar-refractivity contribution in [2.24, 2.45) is 5.92 Å². The molecule has 0 aromatic heterocycles. The van der Waals surface area contributed by atoms with Gasteiger partial charge in [0.25, 0.3) is 0 Å². The number of halogens is 1. The molecule has 1 atom stereocenters. The first-order valence-corrected chi connectivity index (χ1v) is 7.83. The molecule has 2 aliphatic heterocycles. The van der Waals surface area contributed by atoms with E-state index in [0.717, 1.165) is 38.4 Å². The van der Waals surface area contributed by atoms with Crippen LogP contribution in [-0.2, 0) is 0 Å². The number of nitrogens with zero attached hydrogens (tertiary/aromatic N) is 2. The molecule has 0 spiro atoms. The summed E-state index contributed by atoms with van der Waals surface area (Å²) in [5, 5.41) is 0. The lowest BCUT2D eigenvalue weighted by atomic mass is 10.0. The van der Waals surface area contributed by atoms with Crippen LogP contribution in [0.1, 0.15) is 46.5 Å². The smallest absolute Gasteiger partial charge is 0.103 e. The average molecular weight is 258 g/mol. The minimum atomic E-state index is -0.536. The summed E-state index contributed by atoms with van der Waals surface area (Å²) in [5.41, 5.74) is 0. The number of likely N-dealkylation sites (tertiary alicyclic amines) is 2. The lowest BCUT2D eigenvalue weighted by molar-refractivity contribution is 0.118. The normalized spacial score (nSPS) is 27.7. The minimum absolute atomic E-state index is 0.536. The van der Waals surface area contributed by atoms with E-state index in [1.165, 1.54) is 32.5 Å². The van der Waals surface area contributed by atoms with Crippen molar-refractivity contribution < 1.29 is 4.39 Å². The fourth-order valence-corrected chi connectivity index (χ4v) is 2.90. The highest BCUT2D eigenvalue weighted by atomic mass is 19.1. The topological polar surface area (TPSA) is 6.48 Å². The van der Waals surface area contributed by atoms with E-state index in [1.54, 1.807) is 0 Å². The second-order valence-corrected chi connectivity index (χ2v) is 5.56. The Morgan fingerprint density at radius 3 is 2.17 bits per heavy atom. The summed E-state index contributed by atoms with van der Waals surface area (Å²) in [7, 11) is 0. The first-order valence-electron chi connectivity index (χ1n) is 7.83. The second kappa shape index (κ2) is 8.87. The third-order valence-electron chi connectivity index (χ3n) is 3.99. The third kappa shape index (κ3) is 5.66. The maximum absolute atomic E-state index is 13.0. The van der Waals surface area contributed by atoms with E-state index in [1.807, 2.05) is 13.8 Å². The lowest BCUT2D eigenvalue weighted by Crippen LogP contribution is -2.42. The Morgan fingerprint density at radius 1 is 0.944 bits per heavy atom. The maximum atomic E-state index is 13.0. The van der Waals surface area contributed by atoms with E-state index >= 15 is 0 Å². The first-order chi connectivity index (χ1) is 8.74. The van der Waals surface area contributed by atoms with Gasteiger partial charge in [-0.1, -0.05) is 20.8 Å². The van der Waals surface area contributed by atoms with Crippen molar-refractivity contribution in [3.05, 3.63) is 0 Å². The van der Waals surface area contributed by atoms with Crippen molar-refractivity contribution in [2.45, 2.75) is 52.6 Å². The Labute approximate surface area is 113 Å². The van der Waals surface area contributed by atoms with E-state index in [2.05, 4.69) is 16.7 Å². The zero-order valence-corrected chi connectivity index (χ0v) is 12.5. The molecule has 108 valence electrons. The summed E-state index contributed by atoms with van der Waals surface area (Å²) in [6.45, 7) is 13.1. The van der Waals surface area contributed by atoms with Gasteiger partial charge in [0.2, 0.25) is 0 Å². The summed E-state index contributed by atoms with van der Waals surface area (Å²) in [5.74, 6) is 0.866. The third-order valence-corrected chi connectivity index (χ3v) is 3.99. The van der Waals surface area contributed by atoms with Crippen molar-refractivity contribution in [2.75, 3.05) is 39.3 Å². The van der Waals surface area contributed by atoms with E-state index in [9.17, 15) is 4.39 Å². The first kappa shape index (κ1) is 15.9. The van der Waals surface area contributed by atoms with Crippen molar-refractivity contribution >= 4 is 0 Å². The Morgan fingerprint density at radius 2 is 1.56 bits per heavy atom. The maximum Gasteiger partial charge on any atom is 0.103 e. The highest BCUT2D eigenvalue weighted by molar-refractivity contribution is 4.75. The van der Waals surface area contributed by atoms with E-state index in [-0.39, 0.29) is 0 Å². The Bertz CT molecular complexity index is 203. The molecule has 18 heavy (non-hydrogen) atoms. The highest BCUT2D eigenvalue weighted by Crippen LogP contribution is 2.16. The molecule has 0 bridgehead atoms. The van der Waals surface area contributed by atoms with Gasteiger partial charge in [0.1, 0.15) is 6.17 Å². The largest absolute Gasteiger partial charge is 0.302 e. The van der Waals surface area contributed by atoms with Gasteiger partial charge in [0.15, 0.2) is 0 Å². The van der Waals surface area contributed by atoms with Gasteiger partial charge in [0.05, 0.1) is 0 Å². The minimum Gasteiger partial charge on any atom is -0.302 e. The SMILES string of the molecule is CC.CC1CCCN(CCN2CCC(F)CC2)C1. The summed E-state index contributed by atoms with van der Waals surface area (Å²) in [6, 6.07) is 0. The van der Waals surface area contributed by atoms with Gasteiger partial charge in [-0.05, 0) is 38.1 Å².